The standard InChI is InChI=1S/C44H30N4S/c1-5-15-29(16-6-1)36-27-37(30-17-7-2-8-18-30)47-44(46-36)35-25-13-24-34-41-33(23-14-26-40(41)49-42(34)35)39-28-38(31-19-9-3-10-20-31)45-43(48-39)32-21-11-4-12-22-32/h1-13,15-22,24-28H,14,23H2. The third-order valence-corrected chi connectivity index (χ3v) is 10.2. The number of benzene rings is 5. The number of nitrogens with zero attached hydrogens (tertiary/aromatic N) is 4. The highest BCUT2D eigenvalue weighted by molar-refractivity contribution is 7.17. The molecule has 3 heterocycles. The molecule has 0 atom stereocenters. The normalized spacial score (nSPS) is 12.4. The van der Waals surface area contributed by atoms with Crippen molar-refractivity contribution in [1.82, 2.24) is 19.9 Å². The first-order valence-corrected chi connectivity index (χ1v) is 17.4. The van der Waals surface area contributed by atoms with Crippen molar-refractivity contribution in [2.75, 3.05) is 0 Å². The van der Waals surface area contributed by atoms with Gasteiger partial charge in [-0.3, -0.25) is 0 Å². The van der Waals surface area contributed by atoms with E-state index in [9.17, 15) is 0 Å². The van der Waals surface area contributed by atoms with Crippen molar-refractivity contribution in [3.8, 4) is 56.5 Å². The fourth-order valence-electron chi connectivity index (χ4n) is 6.65. The van der Waals surface area contributed by atoms with Crippen molar-refractivity contribution in [3.05, 3.63) is 167 Å². The van der Waals surface area contributed by atoms with Crippen LogP contribution in [0.15, 0.2) is 152 Å². The molecule has 49 heavy (non-hydrogen) atoms. The van der Waals surface area contributed by atoms with Crippen LogP contribution < -0.4 is 9.75 Å². The Morgan fingerprint density at radius 1 is 0.449 bits per heavy atom. The van der Waals surface area contributed by atoms with Crippen LogP contribution in [-0.2, 0) is 0 Å². The predicted molar refractivity (Wildman–Crippen MR) is 202 cm³/mol. The molecule has 0 spiro atoms. The van der Waals surface area contributed by atoms with Gasteiger partial charge in [-0.05, 0) is 36.6 Å². The van der Waals surface area contributed by atoms with E-state index < -0.39 is 0 Å². The topological polar surface area (TPSA) is 51.6 Å². The molecular formula is C44H30N4S. The summed E-state index contributed by atoms with van der Waals surface area (Å²) in [6.07, 6.45) is 4.23. The van der Waals surface area contributed by atoms with Crippen LogP contribution in [0.3, 0.4) is 0 Å². The van der Waals surface area contributed by atoms with Crippen LogP contribution >= 0.6 is 11.3 Å². The van der Waals surface area contributed by atoms with E-state index in [1.54, 1.807) is 0 Å². The molecule has 0 radical (unpaired) electrons. The number of thiophene rings is 1. The molecule has 0 aliphatic heterocycles. The molecule has 3 aromatic heterocycles. The minimum atomic E-state index is 0.728. The summed E-state index contributed by atoms with van der Waals surface area (Å²) < 4.78 is 2.46. The zero-order chi connectivity index (χ0) is 32.6. The molecule has 5 aromatic carbocycles. The molecule has 1 aliphatic rings. The van der Waals surface area contributed by atoms with Crippen molar-refractivity contribution in [1.29, 1.82) is 0 Å². The maximum atomic E-state index is 5.23. The zero-order valence-electron chi connectivity index (χ0n) is 26.6. The van der Waals surface area contributed by atoms with Gasteiger partial charge in [0.05, 0.1) is 22.8 Å². The minimum absolute atomic E-state index is 0.728. The Balaban J connectivity index is 1.27. The van der Waals surface area contributed by atoms with E-state index >= 15 is 0 Å². The largest absolute Gasteiger partial charge is 0.228 e. The third kappa shape index (κ3) is 5.54. The van der Waals surface area contributed by atoms with E-state index in [0.717, 1.165) is 75.1 Å². The Bertz CT molecular complexity index is 2470. The van der Waals surface area contributed by atoms with Gasteiger partial charge in [0.25, 0.3) is 0 Å². The molecule has 1 aliphatic carbocycles. The Labute approximate surface area is 288 Å². The summed E-state index contributed by atoms with van der Waals surface area (Å²) in [6.45, 7) is 0. The van der Waals surface area contributed by atoms with Crippen LogP contribution in [-0.4, -0.2) is 19.9 Å². The number of aromatic nitrogens is 4. The van der Waals surface area contributed by atoms with Gasteiger partial charge in [0, 0.05) is 47.7 Å². The van der Waals surface area contributed by atoms with Gasteiger partial charge in [-0.2, -0.15) is 0 Å². The molecular weight excluding hydrogens is 617 g/mol. The highest BCUT2D eigenvalue weighted by Crippen LogP contribution is 2.34. The van der Waals surface area contributed by atoms with E-state index in [1.165, 1.54) is 25.4 Å². The quantitative estimate of drug-likeness (QED) is 0.181. The Morgan fingerprint density at radius 2 is 0.939 bits per heavy atom. The minimum Gasteiger partial charge on any atom is -0.228 e. The van der Waals surface area contributed by atoms with E-state index in [4.69, 9.17) is 19.9 Å². The number of fused-ring (bicyclic) bond motifs is 3. The average Bonchev–Trinajstić information content (AvgIpc) is 3.58. The van der Waals surface area contributed by atoms with Gasteiger partial charge in [-0.1, -0.05) is 140 Å². The second kappa shape index (κ2) is 12.5. The molecule has 0 unspecified atom stereocenters. The maximum absolute atomic E-state index is 5.23. The van der Waals surface area contributed by atoms with E-state index in [0.29, 0.717) is 0 Å². The Morgan fingerprint density at radius 3 is 1.51 bits per heavy atom. The molecule has 0 bridgehead atoms. The summed E-state index contributed by atoms with van der Waals surface area (Å²) >= 11 is 1.82. The van der Waals surface area contributed by atoms with Crippen LogP contribution in [0.4, 0.5) is 0 Å². The maximum Gasteiger partial charge on any atom is 0.161 e. The van der Waals surface area contributed by atoms with E-state index in [-0.39, 0.29) is 0 Å². The van der Waals surface area contributed by atoms with Gasteiger partial charge < -0.3 is 0 Å². The fraction of sp³-hybridized carbons (Fsp3) is 0.0455. The lowest BCUT2D eigenvalue weighted by Crippen LogP contribution is -2.26. The van der Waals surface area contributed by atoms with Gasteiger partial charge in [0.15, 0.2) is 11.6 Å². The van der Waals surface area contributed by atoms with Crippen molar-refractivity contribution in [2.45, 2.75) is 12.8 Å². The molecule has 0 amide bonds. The molecule has 0 fully saturated rings. The summed E-state index contributed by atoms with van der Waals surface area (Å²) in [6, 6.07) is 52.2. The number of rotatable bonds is 6. The first kappa shape index (κ1) is 29.1. The van der Waals surface area contributed by atoms with Crippen LogP contribution in [0, 0.1) is 0 Å². The van der Waals surface area contributed by atoms with Gasteiger partial charge >= 0.3 is 0 Å². The van der Waals surface area contributed by atoms with Crippen molar-refractivity contribution in [2.24, 2.45) is 0 Å². The Hall–Kier alpha value is -6.04. The summed E-state index contributed by atoms with van der Waals surface area (Å²) in [4.78, 5) is 20.6. The van der Waals surface area contributed by atoms with Crippen molar-refractivity contribution < 1.29 is 0 Å². The van der Waals surface area contributed by atoms with Gasteiger partial charge in [-0.15, -0.1) is 11.3 Å². The summed E-state index contributed by atoms with van der Waals surface area (Å²) in [5.74, 6) is 1.46. The number of hydrogen-bond acceptors (Lipinski definition) is 5. The first-order chi connectivity index (χ1) is 24.3. The highest BCUT2D eigenvalue weighted by atomic mass is 32.1. The van der Waals surface area contributed by atoms with Gasteiger partial charge in [-0.25, -0.2) is 19.9 Å². The molecule has 0 N–H and O–H groups in total. The second-order valence-corrected chi connectivity index (χ2v) is 13.2. The molecule has 5 heteroatoms. The summed E-state index contributed by atoms with van der Waals surface area (Å²) in [7, 11) is 0. The average molecular weight is 647 g/mol. The highest BCUT2D eigenvalue weighted by Gasteiger charge is 2.20. The summed E-state index contributed by atoms with van der Waals surface area (Å²) in [5, 5.41) is 2.46. The second-order valence-electron chi connectivity index (χ2n) is 12.1. The lowest BCUT2D eigenvalue weighted by Gasteiger charge is -2.13. The first-order valence-electron chi connectivity index (χ1n) is 16.5. The molecule has 8 aromatic rings. The van der Waals surface area contributed by atoms with E-state index in [1.807, 2.05) is 47.7 Å². The molecule has 4 nitrogen and oxygen atoms in total. The lowest BCUT2D eigenvalue weighted by atomic mass is 9.96. The van der Waals surface area contributed by atoms with E-state index in [2.05, 4.69) is 121 Å². The van der Waals surface area contributed by atoms with Gasteiger partial charge in [0.1, 0.15) is 0 Å². The van der Waals surface area contributed by atoms with Crippen LogP contribution in [0.5, 0.6) is 0 Å². The van der Waals surface area contributed by atoms with Crippen LogP contribution in [0.2, 0.25) is 0 Å². The monoisotopic (exact) mass is 646 g/mol. The van der Waals surface area contributed by atoms with Crippen LogP contribution in [0.1, 0.15) is 18.5 Å². The fourth-order valence-corrected chi connectivity index (χ4v) is 7.96. The van der Waals surface area contributed by atoms with Gasteiger partial charge in [0.2, 0.25) is 0 Å². The summed E-state index contributed by atoms with van der Waals surface area (Å²) in [5.41, 5.74) is 10.2. The van der Waals surface area contributed by atoms with Crippen LogP contribution in [0.25, 0.3) is 78.3 Å². The smallest absolute Gasteiger partial charge is 0.161 e. The predicted octanol–water partition coefficient (Wildman–Crippen LogP) is 9.59. The molecule has 0 saturated carbocycles. The molecule has 0 saturated heterocycles. The van der Waals surface area contributed by atoms with Crippen molar-refractivity contribution >= 4 is 33.1 Å². The Kier molecular flexibility index (Phi) is 7.45. The van der Waals surface area contributed by atoms with Crippen molar-refractivity contribution in [3.63, 3.8) is 0 Å². The SMILES string of the molecule is C1=c2sc3c(-c4nc(-c5ccccc5)cc(-c5ccccc5)n4)cccc3c2=C(c2cc(-c3ccccc3)nc(-c3ccccc3)n2)CC1. The lowest BCUT2D eigenvalue weighted by molar-refractivity contribution is 1.05. The molecule has 232 valence electrons. The molecule has 9 rings (SSSR count). The third-order valence-electron chi connectivity index (χ3n) is 9.01. The number of hydrogen-bond donors (Lipinski definition) is 0. The zero-order valence-corrected chi connectivity index (χ0v) is 27.4.